The monoisotopic (exact) mass is 270 g/mol. The lowest BCUT2D eigenvalue weighted by Crippen LogP contribution is -2.53. The van der Waals surface area contributed by atoms with Crippen molar-refractivity contribution in [2.75, 3.05) is 46.8 Å². The largest absolute Gasteiger partial charge is 0.339 e. The lowest BCUT2D eigenvalue weighted by molar-refractivity contribution is -0.140. The molecule has 0 aromatic rings. The van der Waals surface area contributed by atoms with Crippen molar-refractivity contribution in [3.63, 3.8) is 0 Å². The molecule has 1 rings (SSSR count). The average Bonchev–Trinajstić information content (AvgIpc) is 2.26. The number of carbonyl (C=O) groups is 2. The van der Waals surface area contributed by atoms with E-state index < -0.39 is 5.54 Å². The number of amides is 2. The Morgan fingerprint density at radius 1 is 1.05 bits per heavy atom. The third-order valence-corrected chi connectivity index (χ3v) is 3.04. The lowest BCUT2D eigenvalue weighted by Gasteiger charge is -2.36. The molecule has 0 radical (unpaired) electrons. The first-order valence-electron chi connectivity index (χ1n) is 6.68. The average molecular weight is 270 g/mol. The predicted molar refractivity (Wildman–Crippen MR) is 74.6 cm³/mol. The first-order chi connectivity index (χ1) is 8.69. The van der Waals surface area contributed by atoms with E-state index in [-0.39, 0.29) is 11.8 Å². The predicted octanol–water partition coefficient (Wildman–Crippen LogP) is -0.654. The molecule has 6 nitrogen and oxygen atoms in total. The molecule has 1 heterocycles. The molecule has 0 aromatic carbocycles. The highest BCUT2D eigenvalue weighted by molar-refractivity contribution is 5.80. The van der Waals surface area contributed by atoms with Crippen LogP contribution >= 0.6 is 0 Å². The highest BCUT2D eigenvalue weighted by Crippen LogP contribution is 2.10. The molecule has 0 aromatic heterocycles. The molecule has 0 spiro atoms. The minimum atomic E-state index is -0.477. The van der Waals surface area contributed by atoms with Crippen molar-refractivity contribution in [2.45, 2.75) is 25.8 Å². The Kier molecular flexibility index (Phi) is 5.31. The second-order valence-corrected chi connectivity index (χ2v) is 6.16. The van der Waals surface area contributed by atoms with Crippen LogP contribution in [0.4, 0.5) is 0 Å². The van der Waals surface area contributed by atoms with Gasteiger partial charge in [0.2, 0.25) is 11.8 Å². The van der Waals surface area contributed by atoms with Crippen LogP contribution < -0.4 is 5.73 Å². The molecule has 1 saturated heterocycles. The maximum Gasteiger partial charge on any atom is 0.236 e. The highest BCUT2D eigenvalue weighted by atomic mass is 16.2. The van der Waals surface area contributed by atoms with Gasteiger partial charge in [0.15, 0.2) is 0 Å². The Morgan fingerprint density at radius 2 is 1.47 bits per heavy atom. The van der Waals surface area contributed by atoms with Crippen molar-refractivity contribution >= 4 is 11.8 Å². The van der Waals surface area contributed by atoms with Crippen LogP contribution in [0.5, 0.6) is 0 Å². The number of rotatable bonds is 4. The van der Waals surface area contributed by atoms with E-state index in [4.69, 9.17) is 5.73 Å². The van der Waals surface area contributed by atoms with Crippen molar-refractivity contribution in [2.24, 2.45) is 5.73 Å². The molecule has 19 heavy (non-hydrogen) atoms. The Morgan fingerprint density at radius 3 is 1.84 bits per heavy atom. The molecule has 2 amide bonds. The molecule has 1 fully saturated rings. The van der Waals surface area contributed by atoms with Gasteiger partial charge in [0.1, 0.15) is 0 Å². The summed E-state index contributed by atoms with van der Waals surface area (Å²) in [5, 5.41) is 0. The molecule has 0 bridgehead atoms. The van der Waals surface area contributed by atoms with E-state index in [0.29, 0.717) is 39.1 Å². The van der Waals surface area contributed by atoms with Crippen LogP contribution in [-0.4, -0.2) is 78.9 Å². The standard InChI is InChI=1S/C13H26N4O2/c1-13(2,14)9-11(18)16-5-7-17(8-6-16)12(19)10-15(3)4/h5-10,14H2,1-4H3. The SMILES string of the molecule is CN(C)CC(=O)N1CCN(C(=O)CC(C)(C)N)CC1. The highest BCUT2D eigenvalue weighted by Gasteiger charge is 2.26. The Bertz CT molecular complexity index is 328. The number of hydrogen-bond donors (Lipinski definition) is 1. The summed E-state index contributed by atoms with van der Waals surface area (Å²) >= 11 is 0. The third kappa shape index (κ3) is 5.57. The molecule has 0 atom stereocenters. The summed E-state index contributed by atoms with van der Waals surface area (Å²) in [5.41, 5.74) is 5.38. The lowest BCUT2D eigenvalue weighted by atomic mass is 10.0. The van der Waals surface area contributed by atoms with Crippen molar-refractivity contribution < 1.29 is 9.59 Å². The number of carbonyl (C=O) groups excluding carboxylic acids is 2. The van der Waals surface area contributed by atoms with E-state index in [1.54, 1.807) is 4.90 Å². The van der Waals surface area contributed by atoms with Crippen LogP contribution in [0.2, 0.25) is 0 Å². The first kappa shape index (κ1) is 15.9. The van der Waals surface area contributed by atoms with Crippen molar-refractivity contribution in [1.29, 1.82) is 0 Å². The summed E-state index contributed by atoms with van der Waals surface area (Å²) in [6, 6.07) is 0. The number of nitrogens with two attached hydrogens (primary N) is 1. The zero-order valence-corrected chi connectivity index (χ0v) is 12.5. The van der Waals surface area contributed by atoms with Crippen molar-refractivity contribution in [3.05, 3.63) is 0 Å². The Hall–Kier alpha value is -1.14. The van der Waals surface area contributed by atoms with Crippen LogP contribution in [0.15, 0.2) is 0 Å². The van der Waals surface area contributed by atoms with Gasteiger partial charge in [0.05, 0.1) is 6.54 Å². The molecule has 0 unspecified atom stereocenters. The van der Waals surface area contributed by atoms with Gasteiger partial charge in [-0.1, -0.05) is 0 Å². The van der Waals surface area contributed by atoms with E-state index in [1.807, 2.05) is 37.7 Å². The number of hydrogen-bond acceptors (Lipinski definition) is 4. The summed E-state index contributed by atoms with van der Waals surface area (Å²) in [7, 11) is 3.75. The molecule has 0 saturated carbocycles. The van der Waals surface area contributed by atoms with Gasteiger partial charge >= 0.3 is 0 Å². The number of likely N-dealkylation sites (N-methyl/N-ethyl adjacent to an activating group) is 1. The molecular formula is C13H26N4O2. The fraction of sp³-hybridized carbons (Fsp3) is 0.846. The van der Waals surface area contributed by atoms with Gasteiger partial charge in [0, 0.05) is 38.1 Å². The van der Waals surface area contributed by atoms with Crippen LogP contribution in [0, 0.1) is 0 Å². The fourth-order valence-electron chi connectivity index (χ4n) is 2.08. The van der Waals surface area contributed by atoms with Gasteiger partial charge in [-0.25, -0.2) is 0 Å². The molecule has 1 aliphatic rings. The summed E-state index contributed by atoms with van der Waals surface area (Å²) in [4.78, 5) is 29.4. The van der Waals surface area contributed by atoms with Gasteiger partial charge in [0.25, 0.3) is 0 Å². The van der Waals surface area contributed by atoms with E-state index in [1.165, 1.54) is 0 Å². The van der Waals surface area contributed by atoms with Gasteiger partial charge < -0.3 is 20.4 Å². The summed E-state index contributed by atoms with van der Waals surface area (Å²) in [6.07, 6.45) is 0.346. The van der Waals surface area contributed by atoms with Gasteiger partial charge in [-0.2, -0.15) is 0 Å². The van der Waals surface area contributed by atoms with Gasteiger partial charge in [-0.3, -0.25) is 9.59 Å². The molecule has 110 valence electrons. The molecular weight excluding hydrogens is 244 g/mol. The van der Waals surface area contributed by atoms with Gasteiger partial charge in [-0.05, 0) is 27.9 Å². The molecule has 0 aliphatic carbocycles. The number of nitrogens with zero attached hydrogens (tertiary/aromatic N) is 3. The third-order valence-electron chi connectivity index (χ3n) is 3.04. The van der Waals surface area contributed by atoms with E-state index in [0.717, 1.165) is 0 Å². The van der Waals surface area contributed by atoms with E-state index in [9.17, 15) is 9.59 Å². The smallest absolute Gasteiger partial charge is 0.236 e. The van der Waals surface area contributed by atoms with Crippen molar-refractivity contribution in [1.82, 2.24) is 14.7 Å². The number of piperazine rings is 1. The minimum Gasteiger partial charge on any atom is -0.339 e. The Balaban J connectivity index is 2.40. The zero-order chi connectivity index (χ0) is 14.6. The van der Waals surface area contributed by atoms with E-state index >= 15 is 0 Å². The second kappa shape index (κ2) is 6.34. The maximum absolute atomic E-state index is 12.0. The topological polar surface area (TPSA) is 69.9 Å². The van der Waals surface area contributed by atoms with Crippen LogP contribution in [-0.2, 0) is 9.59 Å². The second-order valence-electron chi connectivity index (χ2n) is 6.16. The normalized spacial score (nSPS) is 16.9. The molecule has 2 N–H and O–H groups in total. The molecule has 6 heteroatoms. The van der Waals surface area contributed by atoms with Crippen molar-refractivity contribution in [3.8, 4) is 0 Å². The Labute approximate surface area is 115 Å². The van der Waals surface area contributed by atoms with E-state index in [2.05, 4.69) is 0 Å². The van der Waals surface area contributed by atoms with Crippen LogP contribution in [0.3, 0.4) is 0 Å². The van der Waals surface area contributed by atoms with Crippen LogP contribution in [0.1, 0.15) is 20.3 Å². The first-order valence-corrected chi connectivity index (χ1v) is 6.68. The quantitative estimate of drug-likeness (QED) is 0.737. The molecule has 1 aliphatic heterocycles. The summed E-state index contributed by atoms with van der Waals surface area (Å²) in [5.74, 6) is 0.198. The van der Waals surface area contributed by atoms with Crippen LogP contribution in [0.25, 0.3) is 0 Å². The minimum absolute atomic E-state index is 0.0761. The fourth-order valence-corrected chi connectivity index (χ4v) is 2.08. The summed E-state index contributed by atoms with van der Waals surface area (Å²) < 4.78 is 0. The zero-order valence-electron chi connectivity index (χ0n) is 12.5. The maximum atomic E-state index is 12.0. The summed E-state index contributed by atoms with van der Waals surface area (Å²) in [6.45, 7) is 6.56. The van der Waals surface area contributed by atoms with Gasteiger partial charge in [-0.15, -0.1) is 0 Å².